The zero-order valence-electron chi connectivity index (χ0n) is 12.4. The molecule has 0 spiro atoms. The average Bonchev–Trinajstić information content (AvgIpc) is 2.54. The van der Waals surface area contributed by atoms with Crippen LogP contribution in [0.3, 0.4) is 0 Å². The first-order chi connectivity index (χ1) is 10.7. The molecule has 5 heteroatoms. The van der Waals surface area contributed by atoms with Gasteiger partial charge in [0.25, 0.3) is 0 Å². The Bertz CT molecular complexity index is 628. The average molecular weight is 366 g/mol. The second-order valence-electron chi connectivity index (χ2n) is 5.53. The normalized spacial score (nSPS) is 17.5. The fourth-order valence-electron chi connectivity index (χ4n) is 2.61. The van der Waals surface area contributed by atoms with Gasteiger partial charge in [-0.3, -0.25) is 4.90 Å². The number of benzene rings is 2. The van der Waals surface area contributed by atoms with E-state index in [2.05, 4.69) is 33.0 Å². The first kappa shape index (κ1) is 15.7. The van der Waals surface area contributed by atoms with Crippen LogP contribution < -0.4 is 4.74 Å². The molecule has 0 amide bonds. The minimum Gasteiger partial charge on any atom is -0.491 e. The maximum atomic E-state index is 10.1. The number of aliphatic hydroxyl groups excluding tert-OH is 1. The molecule has 0 bridgehead atoms. The molecule has 0 aliphatic carbocycles. The number of ether oxygens (including phenoxy) is 2. The first-order valence-electron chi connectivity index (χ1n) is 7.51. The zero-order valence-corrected chi connectivity index (χ0v) is 14.0. The molecule has 118 valence electrons. The van der Waals surface area contributed by atoms with Gasteiger partial charge in [-0.1, -0.05) is 28.1 Å². The Labute approximate surface area is 138 Å². The molecular weight excluding hydrogens is 346 g/mol. The summed E-state index contributed by atoms with van der Waals surface area (Å²) in [5.41, 5.74) is 0. The maximum Gasteiger partial charge on any atom is 0.120 e. The molecular formula is C17H20BrNO3. The summed E-state index contributed by atoms with van der Waals surface area (Å²) in [7, 11) is 0. The van der Waals surface area contributed by atoms with Gasteiger partial charge in [0.15, 0.2) is 0 Å². The van der Waals surface area contributed by atoms with Gasteiger partial charge in [0.1, 0.15) is 18.5 Å². The second-order valence-corrected chi connectivity index (χ2v) is 6.45. The number of fused-ring (bicyclic) bond motifs is 1. The first-order valence-corrected chi connectivity index (χ1v) is 8.30. The molecule has 0 radical (unpaired) electrons. The number of hydrogen-bond donors (Lipinski definition) is 1. The van der Waals surface area contributed by atoms with Crippen LogP contribution in [0.2, 0.25) is 0 Å². The smallest absolute Gasteiger partial charge is 0.120 e. The number of nitrogens with zero attached hydrogens (tertiary/aromatic N) is 1. The number of morpholine rings is 1. The van der Waals surface area contributed by atoms with Crippen molar-refractivity contribution in [2.75, 3.05) is 39.5 Å². The lowest BCUT2D eigenvalue weighted by atomic mass is 10.1. The Morgan fingerprint density at radius 2 is 1.86 bits per heavy atom. The topological polar surface area (TPSA) is 41.9 Å². The summed E-state index contributed by atoms with van der Waals surface area (Å²) in [4.78, 5) is 2.20. The van der Waals surface area contributed by atoms with Crippen LogP contribution in [0, 0.1) is 0 Å². The molecule has 0 aromatic heterocycles. The summed E-state index contributed by atoms with van der Waals surface area (Å²) in [6, 6.07) is 12.1. The van der Waals surface area contributed by atoms with E-state index in [0.717, 1.165) is 47.3 Å². The molecule has 4 nitrogen and oxygen atoms in total. The van der Waals surface area contributed by atoms with Gasteiger partial charge < -0.3 is 14.6 Å². The van der Waals surface area contributed by atoms with E-state index in [1.165, 1.54) is 0 Å². The predicted molar refractivity (Wildman–Crippen MR) is 90.4 cm³/mol. The van der Waals surface area contributed by atoms with Crippen LogP contribution >= 0.6 is 15.9 Å². The molecule has 1 aliphatic heterocycles. The SMILES string of the molecule is O[C@H](COc1ccc2cc(Br)ccc2c1)CN1CCOCC1. The summed E-state index contributed by atoms with van der Waals surface area (Å²) >= 11 is 3.47. The fourth-order valence-corrected chi connectivity index (χ4v) is 2.99. The molecule has 22 heavy (non-hydrogen) atoms. The van der Waals surface area contributed by atoms with Crippen LogP contribution in [0.4, 0.5) is 0 Å². The number of hydrogen-bond acceptors (Lipinski definition) is 4. The van der Waals surface area contributed by atoms with Crippen LogP contribution in [-0.2, 0) is 4.74 Å². The fraction of sp³-hybridized carbons (Fsp3) is 0.412. The van der Waals surface area contributed by atoms with E-state index < -0.39 is 6.10 Å². The summed E-state index contributed by atoms with van der Waals surface area (Å²) in [5.74, 6) is 0.788. The van der Waals surface area contributed by atoms with Crippen molar-refractivity contribution in [1.29, 1.82) is 0 Å². The van der Waals surface area contributed by atoms with Crippen molar-refractivity contribution in [3.8, 4) is 5.75 Å². The molecule has 1 N–H and O–H groups in total. The highest BCUT2D eigenvalue weighted by atomic mass is 79.9. The number of β-amino-alcohol motifs (C(OH)–C–C–N with tert-alkyl or cyclic N) is 1. The molecule has 1 saturated heterocycles. The van der Waals surface area contributed by atoms with Crippen molar-refractivity contribution in [2.24, 2.45) is 0 Å². The van der Waals surface area contributed by atoms with Gasteiger partial charge >= 0.3 is 0 Å². The van der Waals surface area contributed by atoms with Crippen LogP contribution in [0.1, 0.15) is 0 Å². The van der Waals surface area contributed by atoms with Crippen LogP contribution in [0.25, 0.3) is 10.8 Å². The van der Waals surface area contributed by atoms with Gasteiger partial charge in [-0.05, 0) is 35.0 Å². The van der Waals surface area contributed by atoms with Gasteiger partial charge in [0.05, 0.1) is 13.2 Å². The highest BCUT2D eigenvalue weighted by molar-refractivity contribution is 9.10. The summed E-state index contributed by atoms with van der Waals surface area (Å²) in [6.45, 7) is 4.18. The monoisotopic (exact) mass is 365 g/mol. The largest absolute Gasteiger partial charge is 0.491 e. The zero-order chi connectivity index (χ0) is 15.4. The lowest BCUT2D eigenvalue weighted by Crippen LogP contribution is -2.42. The van der Waals surface area contributed by atoms with Gasteiger partial charge in [0.2, 0.25) is 0 Å². The lowest BCUT2D eigenvalue weighted by molar-refractivity contribution is 0.00467. The van der Waals surface area contributed by atoms with E-state index in [1.54, 1.807) is 0 Å². The molecule has 1 aliphatic rings. The Balaban J connectivity index is 1.55. The third-order valence-electron chi connectivity index (χ3n) is 3.79. The van der Waals surface area contributed by atoms with Crippen LogP contribution in [-0.4, -0.2) is 55.6 Å². The molecule has 2 aromatic rings. The molecule has 1 atom stereocenters. The van der Waals surface area contributed by atoms with E-state index >= 15 is 0 Å². The Hall–Kier alpha value is -1.14. The van der Waals surface area contributed by atoms with Crippen molar-refractivity contribution in [3.05, 3.63) is 40.9 Å². The predicted octanol–water partition coefficient (Wildman–Crippen LogP) is 2.67. The van der Waals surface area contributed by atoms with E-state index in [9.17, 15) is 5.11 Å². The van der Waals surface area contributed by atoms with Gasteiger partial charge in [-0.25, -0.2) is 0 Å². The third kappa shape index (κ3) is 4.20. The standard InChI is InChI=1S/C17H20BrNO3/c18-15-3-1-14-10-17(4-2-13(14)9-15)22-12-16(20)11-19-5-7-21-8-6-19/h1-4,9-10,16,20H,5-8,11-12H2/t16-/m0/s1. The van der Waals surface area contributed by atoms with E-state index in [1.807, 2.05) is 24.3 Å². The van der Waals surface area contributed by atoms with Crippen LogP contribution in [0.5, 0.6) is 5.75 Å². The highest BCUT2D eigenvalue weighted by Gasteiger charge is 2.15. The van der Waals surface area contributed by atoms with E-state index in [4.69, 9.17) is 9.47 Å². The van der Waals surface area contributed by atoms with Gasteiger partial charge in [-0.2, -0.15) is 0 Å². The van der Waals surface area contributed by atoms with Crippen LogP contribution in [0.15, 0.2) is 40.9 Å². The van der Waals surface area contributed by atoms with Gasteiger partial charge in [0, 0.05) is 24.1 Å². The summed E-state index contributed by atoms with van der Waals surface area (Å²) in [6.07, 6.45) is -0.487. The Kier molecular flexibility index (Phi) is 5.31. The quantitative estimate of drug-likeness (QED) is 0.884. The molecule has 2 aromatic carbocycles. The van der Waals surface area contributed by atoms with Crippen molar-refractivity contribution in [2.45, 2.75) is 6.10 Å². The number of halogens is 1. The summed E-state index contributed by atoms with van der Waals surface area (Å²) < 4.78 is 12.1. The third-order valence-corrected chi connectivity index (χ3v) is 4.28. The molecule has 1 fully saturated rings. The molecule has 3 rings (SSSR count). The second kappa shape index (κ2) is 7.42. The van der Waals surface area contributed by atoms with Crippen molar-refractivity contribution in [1.82, 2.24) is 4.90 Å². The van der Waals surface area contributed by atoms with Crippen molar-refractivity contribution < 1.29 is 14.6 Å². The number of rotatable bonds is 5. The van der Waals surface area contributed by atoms with Crippen molar-refractivity contribution in [3.63, 3.8) is 0 Å². The number of aliphatic hydroxyl groups is 1. The summed E-state index contributed by atoms with van der Waals surface area (Å²) in [5, 5.41) is 12.4. The molecule has 0 saturated carbocycles. The maximum absolute atomic E-state index is 10.1. The highest BCUT2D eigenvalue weighted by Crippen LogP contribution is 2.24. The Morgan fingerprint density at radius 3 is 2.68 bits per heavy atom. The van der Waals surface area contributed by atoms with E-state index in [-0.39, 0.29) is 0 Å². The van der Waals surface area contributed by atoms with Crippen molar-refractivity contribution >= 4 is 26.7 Å². The minimum atomic E-state index is -0.487. The molecule has 1 heterocycles. The minimum absolute atomic E-state index is 0.305. The van der Waals surface area contributed by atoms with E-state index in [0.29, 0.717) is 13.2 Å². The van der Waals surface area contributed by atoms with Gasteiger partial charge in [-0.15, -0.1) is 0 Å². The lowest BCUT2D eigenvalue weighted by Gasteiger charge is -2.28. The Morgan fingerprint density at radius 1 is 1.14 bits per heavy atom. The molecule has 0 unspecified atom stereocenters.